The third-order valence-corrected chi connectivity index (χ3v) is 10.1. The third-order valence-electron chi connectivity index (χ3n) is 10.1. The van der Waals surface area contributed by atoms with Gasteiger partial charge in [0.2, 0.25) is 0 Å². The zero-order chi connectivity index (χ0) is 35.1. The van der Waals surface area contributed by atoms with Gasteiger partial charge in [-0.2, -0.15) is 0 Å². The van der Waals surface area contributed by atoms with Crippen LogP contribution >= 0.6 is 0 Å². The molecule has 5 heteroatoms. The van der Waals surface area contributed by atoms with Crippen molar-refractivity contribution in [3.8, 4) is 33.8 Å². The minimum Gasteiger partial charge on any atom is -0.317 e. The minimum atomic E-state index is 0.952. The normalized spacial score (nSPS) is 11.4. The van der Waals surface area contributed by atoms with Crippen LogP contribution in [0.2, 0.25) is 0 Å². The van der Waals surface area contributed by atoms with Crippen molar-refractivity contribution in [1.82, 2.24) is 19.1 Å². The molecule has 4 aromatic heterocycles. The van der Waals surface area contributed by atoms with Gasteiger partial charge in [-0.3, -0.25) is 9.97 Å². The van der Waals surface area contributed by atoms with E-state index in [9.17, 15) is 0 Å². The maximum Gasteiger partial charge on any atom is 0.0701 e. The topological polar surface area (TPSA) is 38.9 Å². The van der Waals surface area contributed by atoms with E-state index in [-0.39, 0.29) is 0 Å². The van der Waals surface area contributed by atoms with Crippen LogP contribution in [0, 0.1) is 0 Å². The second-order valence-corrected chi connectivity index (χ2v) is 13.2. The highest BCUT2D eigenvalue weighted by molar-refractivity contribution is 6.14. The van der Waals surface area contributed by atoms with Crippen molar-refractivity contribution in [3.63, 3.8) is 0 Å². The predicted octanol–water partition coefficient (Wildman–Crippen LogP) is 12.3. The van der Waals surface area contributed by atoms with E-state index < -0.39 is 0 Å². The molecule has 4 heterocycles. The first-order chi connectivity index (χ1) is 26.3. The van der Waals surface area contributed by atoms with E-state index in [1.165, 1.54) is 27.2 Å². The van der Waals surface area contributed by atoms with Gasteiger partial charge < -0.3 is 14.0 Å². The Kier molecular flexibility index (Phi) is 7.40. The number of hydrogen-bond donors (Lipinski definition) is 0. The molecule has 0 aliphatic rings. The Bertz CT molecular complexity index is 2760. The summed E-state index contributed by atoms with van der Waals surface area (Å²) in [4.78, 5) is 11.3. The molecule has 0 saturated carbocycles. The fourth-order valence-electron chi connectivity index (χ4n) is 7.54. The molecule has 0 bridgehead atoms. The van der Waals surface area contributed by atoms with E-state index in [0.29, 0.717) is 0 Å². The van der Waals surface area contributed by atoms with Crippen LogP contribution in [0.5, 0.6) is 0 Å². The molecule has 5 nitrogen and oxygen atoms in total. The van der Waals surface area contributed by atoms with Crippen LogP contribution in [0.1, 0.15) is 0 Å². The van der Waals surface area contributed by atoms with Crippen LogP contribution in [-0.4, -0.2) is 19.1 Å². The lowest BCUT2D eigenvalue weighted by Gasteiger charge is -2.26. The van der Waals surface area contributed by atoms with E-state index in [1.54, 1.807) is 0 Å². The lowest BCUT2D eigenvalue weighted by atomic mass is 10.1. The molecule has 0 fully saturated rings. The van der Waals surface area contributed by atoms with E-state index in [1.807, 2.05) is 42.9 Å². The summed E-state index contributed by atoms with van der Waals surface area (Å²) >= 11 is 0. The number of nitrogens with zero attached hydrogens (tertiary/aromatic N) is 5. The lowest BCUT2D eigenvalue weighted by molar-refractivity contribution is 1.13. The zero-order valence-corrected chi connectivity index (χ0v) is 28.8. The van der Waals surface area contributed by atoms with Gasteiger partial charge in [-0.05, 0) is 114 Å². The van der Waals surface area contributed by atoms with Crippen LogP contribution in [0.4, 0.5) is 17.1 Å². The number of benzene rings is 6. The van der Waals surface area contributed by atoms with Gasteiger partial charge in [-0.25, -0.2) is 0 Å². The van der Waals surface area contributed by atoms with E-state index in [2.05, 4.69) is 182 Å². The largest absolute Gasteiger partial charge is 0.317 e. The number of rotatable bonds is 7. The molecule has 0 unspecified atom stereocenters. The Balaban J connectivity index is 1.18. The fraction of sp³-hybridized carbons (Fsp3) is 0. The number of anilines is 3. The van der Waals surface area contributed by atoms with Crippen molar-refractivity contribution in [1.29, 1.82) is 0 Å². The summed E-state index contributed by atoms with van der Waals surface area (Å²) in [5, 5.41) is 3.59. The molecular weight excluding hydrogens is 647 g/mol. The monoisotopic (exact) mass is 679 g/mol. The van der Waals surface area contributed by atoms with E-state index in [0.717, 1.165) is 56.3 Å². The highest BCUT2D eigenvalue weighted by atomic mass is 15.1. The van der Waals surface area contributed by atoms with Gasteiger partial charge in [0.25, 0.3) is 0 Å². The van der Waals surface area contributed by atoms with Crippen molar-refractivity contribution in [2.75, 3.05) is 4.90 Å². The number of fused-ring (bicyclic) bond motifs is 4. The fourth-order valence-corrected chi connectivity index (χ4v) is 7.54. The van der Waals surface area contributed by atoms with Crippen molar-refractivity contribution in [2.45, 2.75) is 0 Å². The number of aromatic nitrogens is 4. The van der Waals surface area contributed by atoms with Crippen molar-refractivity contribution in [2.24, 2.45) is 0 Å². The molecule has 10 aromatic rings. The van der Waals surface area contributed by atoms with Gasteiger partial charge in [0.1, 0.15) is 0 Å². The molecule has 0 saturated heterocycles. The SMILES string of the molecule is c1ccc(-n2ccc3cc4c(cc32)c2cc(N(c3ccc(-c5cccnc5)cc3)c3ccc(-c5ccccn5)cc3)ccc2n4-c2ccccc2)cc1. The number of hydrogen-bond acceptors (Lipinski definition) is 3. The first kappa shape index (κ1) is 30.6. The molecule has 0 N–H and O–H groups in total. The Morgan fingerprint density at radius 1 is 0.434 bits per heavy atom. The van der Waals surface area contributed by atoms with Crippen molar-refractivity contribution >= 4 is 49.8 Å². The Morgan fingerprint density at radius 3 is 1.81 bits per heavy atom. The second kappa shape index (κ2) is 12.8. The standard InChI is InChI=1S/C48H33N5/c1-3-11-38(12-4-1)51-29-26-36-30-48-44(32-47(36)51)43-31-42(24-25-46(43)53(48)39-13-5-2-6-14-39)52(40-20-16-34(17-21-40)37-10-9-27-49-33-37)41-22-18-35(19-23-41)45-15-7-8-28-50-45/h1-33H. The average Bonchev–Trinajstić information content (AvgIpc) is 3.80. The van der Waals surface area contributed by atoms with Gasteiger partial charge in [0, 0.05) is 74.9 Å². The van der Waals surface area contributed by atoms with Crippen LogP contribution in [0.3, 0.4) is 0 Å². The summed E-state index contributed by atoms with van der Waals surface area (Å²) in [5.74, 6) is 0. The summed E-state index contributed by atoms with van der Waals surface area (Å²) in [6, 6.07) is 62.5. The molecule has 0 aliphatic heterocycles. The minimum absolute atomic E-state index is 0.952. The van der Waals surface area contributed by atoms with Gasteiger partial charge in [0.15, 0.2) is 0 Å². The Morgan fingerprint density at radius 2 is 1.11 bits per heavy atom. The number of pyridine rings is 2. The van der Waals surface area contributed by atoms with Gasteiger partial charge in [-0.1, -0.05) is 72.8 Å². The van der Waals surface area contributed by atoms with Crippen LogP contribution < -0.4 is 4.90 Å². The average molecular weight is 680 g/mol. The van der Waals surface area contributed by atoms with E-state index in [4.69, 9.17) is 0 Å². The molecule has 250 valence electrons. The maximum absolute atomic E-state index is 4.59. The van der Waals surface area contributed by atoms with Crippen molar-refractivity contribution in [3.05, 3.63) is 201 Å². The van der Waals surface area contributed by atoms with E-state index >= 15 is 0 Å². The molecule has 0 radical (unpaired) electrons. The molecule has 53 heavy (non-hydrogen) atoms. The smallest absolute Gasteiger partial charge is 0.0701 e. The first-order valence-corrected chi connectivity index (χ1v) is 17.8. The molecule has 0 spiro atoms. The molecule has 0 atom stereocenters. The van der Waals surface area contributed by atoms with Crippen LogP contribution in [-0.2, 0) is 0 Å². The highest BCUT2D eigenvalue weighted by Crippen LogP contribution is 2.42. The Hall–Kier alpha value is -7.24. The summed E-state index contributed by atoms with van der Waals surface area (Å²) in [6.07, 6.45) is 7.73. The van der Waals surface area contributed by atoms with Gasteiger partial charge in [-0.15, -0.1) is 0 Å². The highest BCUT2D eigenvalue weighted by Gasteiger charge is 2.19. The Labute approximate surface area is 307 Å². The summed E-state index contributed by atoms with van der Waals surface area (Å²) in [7, 11) is 0. The summed E-state index contributed by atoms with van der Waals surface area (Å²) in [5.41, 5.74) is 13.2. The quantitative estimate of drug-likeness (QED) is 0.168. The van der Waals surface area contributed by atoms with Gasteiger partial charge >= 0.3 is 0 Å². The molecule has 6 aromatic carbocycles. The third kappa shape index (κ3) is 5.43. The predicted molar refractivity (Wildman–Crippen MR) is 219 cm³/mol. The first-order valence-electron chi connectivity index (χ1n) is 17.8. The van der Waals surface area contributed by atoms with Crippen molar-refractivity contribution < 1.29 is 0 Å². The summed E-state index contributed by atoms with van der Waals surface area (Å²) in [6.45, 7) is 0. The lowest BCUT2D eigenvalue weighted by Crippen LogP contribution is -2.10. The summed E-state index contributed by atoms with van der Waals surface area (Å²) < 4.78 is 4.67. The van der Waals surface area contributed by atoms with Gasteiger partial charge in [0.05, 0.1) is 22.2 Å². The molecule has 0 amide bonds. The van der Waals surface area contributed by atoms with Crippen LogP contribution in [0.15, 0.2) is 201 Å². The molecule has 10 rings (SSSR count). The van der Waals surface area contributed by atoms with Crippen LogP contribution in [0.25, 0.3) is 66.5 Å². The molecule has 0 aliphatic carbocycles. The zero-order valence-electron chi connectivity index (χ0n) is 28.8. The number of para-hydroxylation sites is 2. The maximum atomic E-state index is 4.59. The second-order valence-electron chi connectivity index (χ2n) is 13.2. The molecular formula is C48H33N5.